The molecule has 1 nitrogen and oxygen atoms in total. The van der Waals surface area contributed by atoms with E-state index >= 15 is 0 Å². The molecule has 0 radical (unpaired) electrons. The highest BCUT2D eigenvalue weighted by Crippen LogP contribution is 2.51. The fraction of sp³-hybridized carbons (Fsp3) is 0.0508. The molecule has 0 saturated heterocycles. The third-order valence-corrected chi connectivity index (χ3v) is 12.7. The Hall–Kier alpha value is -7.48. The van der Waals surface area contributed by atoms with Crippen molar-refractivity contribution in [2.75, 3.05) is 4.90 Å². The molecule has 0 N–H and O–H groups in total. The van der Waals surface area contributed by atoms with E-state index in [4.69, 9.17) is 0 Å². The molecule has 0 aliphatic heterocycles. The monoisotopic (exact) mass is 765 g/mol. The van der Waals surface area contributed by atoms with Gasteiger partial charge in [-0.1, -0.05) is 190 Å². The average Bonchev–Trinajstić information content (AvgIpc) is 3.55. The van der Waals surface area contributed by atoms with E-state index in [1.165, 1.54) is 88.3 Å². The third kappa shape index (κ3) is 6.10. The SMILES string of the molecule is CC1(C)c2ccccc2-c2ccc(N(c3ccc(-c4ccc(-c5ccccc5)cc4)cc3)c3ccc(-c4cccc(-c5cc6ccccc6c6ccccc56)c4)cc3)cc21. The predicted molar refractivity (Wildman–Crippen MR) is 255 cm³/mol. The van der Waals surface area contributed by atoms with Crippen molar-refractivity contribution in [3.63, 3.8) is 0 Å². The van der Waals surface area contributed by atoms with Crippen LogP contribution in [0.3, 0.4) is 0 Å². The summed E-state index contributed by atoms with van der Waals surface area (Å²) in [5.41, 5.74) is 18.4. The summed E-state index contributed by atoms with van der Waals surface area (Å²) in [5.74, 6) is 0. The summed E-state index contributed by atoms with van der Waals surface area (Å²) in [6.07, 6.45) is 0. The average molecular weight is 766 g/mol. The van der Waals surface area contributed by atoms with Crippen molar-refractivity contribution in [3.05, 3.63) is 236 Å². The van der Waals surface area contributed by atoms with E-state index in [9.17, 15) is 0 Å². The summed E-state index contributed by atoms with van der Waals surface area (Å²) >= 11 is 0. The highest BCUT2D eigenvalue weighted by Gasteiger charge is 2.35. The lowest BCUT2D eigenvalue weighted by atomic mass is 9.82. The number of fused-ring (bicyclic) bond motifs is 6. The number of hydrogen-bond donors (Lipinski definition) is 0. The van der Waals surface area contributed by atoms with Gasteiger partial charge in [0.05, 0.1) is 0 Å². The third-order valence-electron chi connectivity index (χ3n) is 12.7. The smallest absolute Gasteiger partial charge is 0.0465 e. The van der Waals surface area contributed by atoms with Crippen LogP contribution in [0.2, 0.25) is 0 Å². The minimum atomic E-state index is -0.103. The van der Waals surface area contributed by atoms with Gasteiger partial charge in [-0.3, -0.25) is 0 Å². The zero-order chi connectivity index (χ0) is 40.2. The van der Waals surface area contributed by atoms with Crippen molar-refractivity contribution in [3.8, 4) is 55.6 Å². The number of nitrogens with zero attached hydrogens (tertiary/aromatic N) is 1. The second kappa shape index (κ2) is 14.4. The Kier molecular flexibility index (Phi) is 8.57. The molecule has 0 bridgehead atoms. The van der Waals surface area contributed by atoms with Crippen molar-refractivity contribution >= 4 is 38.6 Å². The van der Waals surface area contributed by atoms with Gasteiger partial charge in [0.15, 0.2) is 0 Å². The van der Waals surface area contributed by atoms with Crippen molar-refractivity contribution in [1.29, 1.82) is 0 Å². The van der Waals surface area contributed by atoms with Crippen LogP contribution >= 0.6 is 0 Å². The van der Waals surface area contributed by atoms with Crippen LogP contribution in [-0.2, 0) is 5.41 Å². The second-order valence-corrected chi connectivity index (χ2v) is 16.5. The first-order chi connectivity index (χ1) is 29.5. The fourth-order valence-electron chi connectivity index (χ4n) is 9.53. The minimum Gasteiger partial charge on any atom is -0.310 e. The maximum absolute atomic E-state index is 2.41. The summed E-state index contributed by atoms with van der Waals surface area (Å²) < 4.78 is 0. The molecule has 0 fully saturated rings. The minimum absolute atomic E-state index is 0.103. The molecule has 0 spiro atoms. The van der Waals surface area contributed by atoms with Crippen LogP contribution in [0.4, 0.5) is 17.1 Å². The lowest BCUT2D eigenvalue weighted by Crippen LogP contribution is -2.16. The van der Waals surface area contributed by atoms with Gasteiger partial charge in [-0.05, 0) is 137 Å². The van der Waals surface area contributed by atoms with E-state index in [1.807, 2.05) is 0 Å². The van der Waals surface area contributed by atoms with Gasteiger partial charge in [0.1, 0.15) is 0 Å². The van der Waals surface area contributed by atoms with E-state index < -0.39 is 0 Å². The van der Waals surface area contributed by atoms with Crippen LogP contribution in [0.25, 0.3) is 77.2 Å². The molecule has 1 heteroatoms. The Bertz CT molecular complexity index is 3190. The van der Waals surface area contributed by atoms with Crippen molar-refractivity contribution < 1.29 is 0 Å². The van der Waals surface area contributed by atoms with Crippen molar-refractivity contribution in [2.45, 2.75) is 19.3 Å². The van der Waals surface area contributed by atoms with Crippen LogP contribution in [0, 0.1) is 0 Å². The van der Waals surface area contributed by atoms with E-state index in [1.54, 1.807) is 0 Å². The summed E-state index contributed by atoms with van der Waals surface area (Å²) in [7, 11) is 0. The Morgan fingerprint density at radius 3 is 1.47 bits per heavy atom. The molecule has 0 amide bonds. The molecule has 0 unspecified atom stereocenters. The molecule has 0 aromatic heterocycles. The molecule has 10 aromatic carbocycles. The molecule has 0 saturated carbocycles. The van der Waals surface area contributed by atoms with Gasteiger partial charge in [0.2, 0.25) is 0 Å². The lowest BCUT2D eigenvalue weighted by molar-refractivity contribution is 0.660. The molecule has 0 heterocycles. The van der Waals surface area contributed by atoms with E-state index in [2.05, 4.69) is 243 Å². The zero-order valence-corrected chi connectivity index (χ0v) is 33.8. The standard InChI is InChI=1S/C59H43N/c1-59(2)57-22-11-10-21-54(57)55-36-35-50(39-58(55)59)60(48-31-27-43(28-32-48)42-25-23-41(24-26-42)40-13-4-3-5-14-40)49-33-29-44(30-34-49)45-16-12-17-46(37-45)56-38-47-15-6-7-18-51(47)52-19-8-9-20-53(52)56/h3-39H,1-2H3. The molecule has 0 atom stereocenters. The van der Waals surface area contributed by atoms with Gasteiger partial charge in [0, 0.05) is 22.5 Å². The van der Waals surface area contributed by atoms with Crippen LogP contribution in [-0.4, -0.2) is 0 Å². The molecular weight excluding hydrogens is 723 g/mol. The van der Waals surface area contributed by atoms with Gasteiger partial charge >= 0.3 is 0 Å². The van der Waals surface area contributed by atoms with Crippen molar-refractivity contribution in [2.24, 2.45) is 0 Å². The summed E-state index contributed by atoms with van der Waals surface area (Å²) in [5, 5.41) is 5.11. The predicted octanol–water partition coefficient (Wildman–Crippen LogP) is 16.4. The molecule has 1 aliphatic carbocycles. The topological polar surface area (TPSA) is 3.24 Å². The zero-order valence-electron chi connectivity index (χ0n) is 33.8. The second-order valence-electron chi connectivity index (χ2n) is 16.5. The number of anilines is 3. The number of hydrogen-bond acceptors (Lipinski definition) is 1. The molecular formula is C59H43N. The highest BCUT2D eigenvalue weighted by atomic mass is 15.1. The first-order valence-corrected chi connectivity index (χ1v) is 20.9. The Morgan fingerprint density at radius 2 is 0.767 bits per heavy atom. The van der Waals surface area contributed by atoms with Crippen molar-refractivity contribution in [1.82, 2.24) is 0 Å². The molecule has 11 rings (SSSR count). The van der Waals surface area contributed by atoms with Gasteiger partial charge in [-0.25, -0.2) is 0 Å². The first-order valence-electron chi connectivity index (χ1n) is 20.9. The summed E-state index contributed by atoms with van der Waals surface area (Å²) in [6, 6.07) is 82.3. The normalized spacial score (nSPS) is 12.6. The van der Waals surface area contributed by atoms with Crippen LogP contribution < -0.4 is 4.90 Å². The van der Waals surface area contributed by atoms with Crippen LogP contribution in [0.15, 0.2) is 224 Å². The number of benzene rings is 10. The summed E-state index contributed by atoms with van der Waals surface area (Å²) in [6.45, 7) is 4.71. The van der Waals surface area contributed by atoms with E-state index in [0.717, 1.165) is 17.1 Å². The fourth-order valence-corrected chi connectivity index (χ4v) is 9.53. The van der Waals surface area contributed by atoms with Gasteiger partial charge in [-0.2, -0.15) is 0 Å². The molecule has 10 aromatic rings. The van der Waals surface area contributed by atoms with E-state index in [0.29, 0.717) is 0 Å². The summed E-state index contributed by atoms with van der Waals surface area (Å²) in [4.78, 5) is 2.41. The Labute approximate surface area is 352 Å². The Balaban J connectivity index is 0.969. The highest BCUT2D eigenvalue weighted by molar-refractivity contribution is 6.13. The van der Waals surface area contributed by atoms with E-state index in [-0.39, 0.29) is 5.41 Å². The largest absolute Gasteiger partial charge is 0.310 e. The van der Waals surface area contributed by atoms with Gasteiger partial charge < -0.3 is 4.90 Å². The molecule has 60 heavy (non-hydrogen) atoms. The molecule has 1 aliphatic rings. The van der Waals surface area contributed by atoms with Crippen LogP contribution in [0.5, 0.6) is 0 Å². The van der Waals surface area contributed by atoms with Crippen LogP contribution in [0.1, 0.15) is 25.0 Å². The van der Waals surface area contributed by atoms with Gasteiger partial charge in [0.25, 0.3) is 0 Å². The Morgan fingerprint density at radius 1 is 0.283 bits per heavy atom. The first kappa shape index (κ1) is 35.7. The maximum atomic E-state index is 2.41. The van der Waals surface area contributed by atoms with Gasteiger partial charge in [-0.15, -0.1) is 0 Å². The number of rotatable bonds is 7. The lowest BCUT2D eigenvalue weighted by Gasteiger charge is -2.28. The molecule has 284 valence electrons. The quantitative estimate of drug-likeness (QED) is 0.146. The maximum Gasteiger partial charge on any atom is 0.0465 e.